The average Bonchev–Trinajstić information content (AvgIpc) is 2.13. The number of hydrogen-bond acceptors (Lipinski definition) is 3. The van der Waals surface area contributed by atoms with E-state index in [1.165, 1.54) is 0 Å². The molecule has 1 aliphatic heterocycles. The van der Waals surface area contributed by atoms with Gasteiger partial charge >= 0.3 is 10.2 Å². The predicted molar refractivity (Wildman–Crippen MR) is 68.3 cm³/mol. The van der Waals surface area contributed by atoms with Crippen LogP contribution in [0.25, 0.3) is 0 Å². The number of nitrogens with two attached hydrogens (primary N) is 1. The summed E-state index contributed by atoms with van der Waals surface area (Å²) >= 11 is 0. The number of benzene rings is 1. The fraction of sp³-hybridized carbons (Fsp3) is 0.364. The zero-order valence-electron chi connectivity index (χ0n) is 9.77. The van der Waals surface area contributed by atoms with Gasteiger partial charge in [-0.2, -0.15) is 8.42 Å². The van der Waals surface area contributed by atoms with Crippen LogP contribution in [0.1, 0.15) is 25.0 Å². The van der Waals surface area contributed by atoms with Gasteiger partial charge < -0.3 is 5.73 Å². The molecule has 17 heavy (non-hydrogen) atoms. The Morgan fingerprint density at radius 1 is 1.41 bits per heavy atom. The summed E-state index contributed by atoms with van der Waals surface area (Å²) in [5.74, 6) is 0.530. The fourth-order valence-electron chi connectivity index (χ4n) is 1.93. The highest BCUT2D eigenvalue weighted by Gasteiger charge is 2.23. The largest absolute Gasteiger partial charge is 0.382 e. The first kappa shape index (κ1) is 11.9. The van der Waals surface area contributed by atoms with Gasteiger partial charge in [-0.05, 0) is 24.0 Å². The number of hydrogen-bond donors (Lipinski definition) is 2. The van der Waals surface area contributed by atoms with Crippen LogP contribution >= 0.6 is 0 Å². The summed E-state index contributed by atoms with van der Waals surface area (Å²) in [6.07, 6.45) is 0.834. The van der Waals surface area contributed by atoms with Gasteiger partial charge in [0.25, 0.3) is 0 Å². The Morgan fingerprint density at radius 2 is 2.12 bits per heavy atom. The first-order valence-corrected chi connectivity index (χ1v) is 6.83. The smallest absolute Gasteiger partial charge is 0.344 e. The van der Waals surface area contributed by atoms with E-state index in [2.05, 4.69) is 23.0 Å². The van der Waals surface area contributed by atoms with Crippen molar-refractivity contribution in [3.05, 3.63) is 29.3 Å². The average molecular weight is 253 g/mol. The molecule has 5 nitrogen and oxygen atoms in total. The van der Waals surface area contributed by atoms with E-state index in [9.17, 15) is 8.42 Å². The maximum absolute atomic E-state index is 11.4. The molecular formula is C11H15N3O2S. The Bertz CT molecular complexity index is 576. The van der Waals surface area contributed by atoms with E-state index < -0.39 is 10.2 Å². The monoisotopic (exact) mass is 253 g/mol. The van der Waals surface area contributed by atoms with Crippen LogP contribution in [0, 0.1) is 5.92 Å². The van der Waals surface area contributed by atoms with E-state index >= 15 is 0 Å². The van der Waals surface area contributed by atoms with E-state index in [1.54, 1.807) is 6.07 Å². The molecule has 0 bridgehead atoms. The summed E-state index contributed by atoms with van der Waals surface area (Å²) in [6, 6.07) is 5.46. The van der Waals surface area contributed by atoms with E-state index in [0.29, 0.717) is 17.2 Å². The SMILES string of the molecule is CC(C)Cc1cccc2c1C(N)=NS(=O)(=O)N2. The van der Waals surface area contributed by atoms with E-state index in [1.807, 2.05) is 12.1 Å². The van der Waals surface area contributed by atoms with Crippen LogP contribution in [0.4, 0.5) is 5.69 Å². The molecule has 0 atom stereocenters. The Labute approximate surface area is 101 Å². The van der Waals surface area contributed by atoms with Gasteiger partial charge in [-0.3, -0.25) is 4.72 Å². The summed E-state index contributed by atoms with van der Waals surface area (Å²) in [5, 5.41) is 0. The Balaban J connectivity index is 2.56. The van der Waals surface area contributed by atoms with Gasteiger partial charge in [-0.1, -0.05) is 26.0 Å². The normalized spacial score (nSPS) is 17.2. The molecule has 1 aliphatic rings. The molecule has 0 aliphatic carbocycles. The molecule has 0 unspecified atom stereocenters. The van der Waals surface area contributed by atoms with Crippen molar-refractivity contribution in [2.75, 3.05) is 4.72 Å². The van der Waals surface area contributed by atoms with Crippen molar-refractivity contribution in [3.8, 4) is 0 Å². The van der Waals surface area contributed by atoms with Crippen molar-refractivity contribution in [3.63, 3.8) is 0 Å². The minimum absolute atomic E-state index is 0.0648. The van der Waals surface area contributed by atoms with Crippen LogP contribution < -0.4 is 10.5 Å². The number of rotatable bonds is 2. The maximum atomic E-state index is 11.4. The highest BCUT2D eigenvalue weighted by molar-refractivity contribution is 7.91. The molecule has 0 fully saturated rings. The summed E-state index contributed by atoms with van der Waals surface area (Å²) in [7, 11) is -3.68. The second kappa shape index (κ2) is 4.03. The fourth-order valence-corrected chi connectivity index (χ4v) is 2.78. The molecule has 3 N–H and O–H groups in total. The lowest BCUT2D eigenvalue weighted by Gasteiger charge is -2.19. The topological polar surface area (TPSA) is 84.5 Å². The van der Waals surface area contributed by atoms with Gasteiger partial charge in [0.2, 0.25) is 0 Å². The second-order valence-corrected chi connectivity index (χ2v) is 5.83. The van der Waals surface area contributed by atoms with Crippen molar-refractivity contribution < 1.29 is 8.42 Å². The van der Waals surface area contributed by atoms with Crippen molar-refractivity contribution in [2.24, 2.45) is 16.0 Å². The van der Waals surface area contributed by atoms with Gasteiger partial charge in [0, 0.05) is 5.56 Å². The molecule has 0 saturated carbocycles. The van der Waals surface area contributed by atoms with Gasteiger partial charge in [0.05, 0.1) is 5.69 Å². The highest BCUT2D eigenvalue weighted by atomic mass is 32.2. The van der Waals surface area contributed by atoms with Crippen LogP contribution in [-0.4, -0.2) is 14.3 Å². The highest BCUT2D eigenvalue weighted by Crippen LogP contribution is 2.26. The minimum Gasteiger partial charge on any atom is -0.382 e. The summed E-state index contributed by atoms with van der Waals surface area (Å²) < 4.78 is 28.6. The zero-order valence-corrected chi connectivity index (χ0v) is 10.6. The lowest BCUT2D eigenvalue weighted by molar-refractivity contribution is 0.602. The van der Waals surface area contributed by atoms with Crippen LogP contribution in [0.15, 0.2) is 22.6 Å². The van der Waals surface area contributed by atoms with E-state index in [4.69, 9.17) is 5.73 Å². The van der Waals surface area contributed by atoms with Crippen LogP contribution in [0.3, 0.4) is 0 Å². The molecule has 2 rings (SSSR count). The summed E-state index contributed by atoms with van der Waals surface area (Å²) in [6.45, 7) is 4.19. The quantitative estimate of drug-likeness (QED) is 0.832. The van der Waals surface area contributed by atoms with Crippen LogP contribution in [-0.2, 0) is 16.6 Å². The van der Waals surface area contributed by atoms with Crippen molar-refractivity contribution >= 4 is 21.7 Å². The summed E-state index contributed by atoms with van der Waals surface area (Å²) in [4.78, 5) is 0. The Kier molecular flexibility index (Phi) is 2.82. The van der Waals surface area contributed by atoms with Crippen LogP contribution in [0.5, 0.6) is 0 Å². The molecular weight excluding hydrogens is 238 g/mol. The Hall–Kier alpha value is -1.56. The number of amidine groups is 1. The van der Waals surface area contributed by atoms with Gasteiger partial charge in [-0.25, -0.2) is 0 Å². The third-order valence-electron chi connectivity index (χ3n) is 2.49. The Morgan fingerprint density at radius 3 is 2.76 bits per heavy atom. The van der Waals surface area contributed by atoms with E-state index in [0.717, 1.165) is 12.0 Å². The number of nitrogens with one attached hydrogen (secondary N) is 1. The minimum atomic E-state index is -3.68. The molecule has 0 amide bonds. The first-order valence-electron chi connectivity index (χ1n) is 5.39. The molecule has 0 spiro atoms. The van der Waals surface area contributed by atoms with Gasteiger partial charge in [0.15, 0.2) is 0 Å². The lowest BCUT2D eigenvalue weighted by Crippen LogP contribution is -2.27. The molecule has 1 aromatic rings. The van der Waals surface area contributed by atoms with Gasteiger partial charge in [-0.15, -0.1) is 4.40 Å². The molecule has 0 aromatic heterocycles. The van der Waals surface area contributed by atoms with E-state index in [-0.39, 0.29) is 5.84 Å². The molecule has 92 valence electrons. The van der Waals surface area contributed by atoms with Crippen molar-refractivity contribution in [1.29, 1.82) is 0 Å². The lowest BCUT2D eigenvalue weighted by atomic mass is 9.96. The molecule has 6 heteroatoms. The summed E-state index contributed by atoms with van der Waals surface area (Å²) in [5.41, 5.74) is 7.96. The van der Waals surface area contributed by atoms with Crippen LogP contribution in [0.2, 0.25) is 0 Å². The van der Waals surface area contributed by atoms with Crippen molar-refractivity contribution in [1.82, 2.24) is 0 Å². The molecule has 1 aromatic carbocycles. The molecule has 0 saturated heterocycles. The number of nitrogens with zero attached hydrogens (tertiary/aromatic N) is 1. The third-order valence-corrected chi connectivity index (χ3v) is 3.41. The first-order chi connectivity index (χ1) is 7.89. The zero-order chi connectivity index (χ0) is 12.6. The molecule has 0 radical (unpaired) electrons. The standard InChI is InChI=1S/C11H15N3O2S/c1-7(2)6-8-4-3-5-9-10(8)11(12)14-17(15,16)13-9/h3-5,7,13H,6H2,1-2H3,(H2,12,14). The second-order valence-electron chi connectivity index (χ2n) is 4.49. The molecule has 1 heterocycles. The maximum Gasteiger partial charge on any atom is 0.344 e. The number of fused-ring (bicyclic) bond motifs is 1. The third kappa shape index (κ3) is 2.41. The predicted octanol–water partition coefficient (Wildman–Crippen LogP) is 1.26. The van der Waals surface area contributed by atoms with Crippen molar-refractivity contribution in [2.45, 2.75) is 20.3 Å². The van der Waals surface area contributed by atoms with Gasteiger partial charge in [0.1, 0.15) is 5.84 Å². The number of anilines is 1.